The van der Waals surface area contributed by atoms with Crippen molar-refractivity contribution >= 4 is 33.3 Å². The summed E-state index contributed by atoms with van der Waals surface area (Å²) in [6.45, 7) is 0. The van der Waals surface area contributed by atoms with Crippen LogP contribution in [0.3, 0.4) is 0 Å². The SMILES string of the molecule is Brc1c(CSc2nncn2-c2ccccc2)nc2ccccn12. The molecule has 3 aromatic heterocycles. The Labute approximate surface area is 145 Å². The van der Waals surface area contributed by atoms with E-state index in [1.54, 1.807) is 18.1 Å². The van der Waals surface area contributed by atoms with E-state index in [-0.39, 0.29) is 0 Å². The van der Waals surface area contributed by atoms with Gasteiger partial charge in [0.2, 0.25) is 0 Å². The van der Waals surface area contributed by atoms with Gasteiger partial charge in [-0.25, -0.2) is 4.98 Å². The van der Waals surface area contributed by atoms with Gasteiger partial charge in [-0.3, -0.25) is 8.97 Å². The normalized spacial score (nSPS) is 11.2. The quantitative estimate of drug-likeness (QED) is 0.498. The Balaban J connectivity index is 1.60. The first kappa shape index (κ1) is 14.5. The average molecular weight is 386 g/mol. The molecule has 0 unspecified atom stereocenters. The first-order chi connectivity index (χ1) is 11.3. The minimum absolute atomic E-state index is 0.716. The van der Waals surface area contributed by atoms with Gasteiger partial charge in [0.05, 0.1) is 5.69 Å². The molecule has 0 aliphatic carbocycles. The van der Waals surface area contributed by atoms with Crippen molar-refractivity contribution in [2.75, 3.05) is 0 Å². The molecule has 114 valence electrons. The third kappa shape index (κ3) is 2.77. The van der Waals surface area contributed by atoms with Gasteiger partial charge in [-0.05, 0) is 40.2 Å². The molecule has 0 saturated carbocycles. The van der Waals surface area contributed by atoms with Crippen molar-refractivity contribution in [2.24, 2.45) is 0 Å². The van der Waals surface area contributed by atoms with Crippen LogP contribution < -0.4 is 0 Å². The Morgan fingerprint density at radius 1 is 1.04 bits per heavy atom. The zero-order chi connectivity index (χ0) is 15.6. The summed E-state index contributed by atoms with van der Waals surface area (Å²) in [5.74, 6) is 0.716. The van der Waals surface area contributed by atoms with Crippen molar-refractivity contribution < 1.29 is 0 Å². The highest BCUT2D eigenvalue weighted by molar-refractivity contribution is 9.10. The molecule has 4 aromatic rings. The molecule has 5 nitrogen and oxygen atoms in total. The Bertz CT molecular complexity index is 947. The number of pyridine rings is 1. The molecule has 0 radical (unpaired) electrons. The summed E-state index contributed by atoms with van der Waals surface area (Å²) in [6, 6.07) is 16.0. The summed E-state index contributed by atoms with van der Waals surface area (Å²) in [5, 5.41) is 9.10. The van der Waals surface area contributed by atoms with Crippen molar-refractivity contribution in [3.8, 4) is 5.69 Å². The zero-order valence-electron chi connectivity index (χ0n) is 12.0. The first-order valence-electron chi connectivity index (χ1n) is 7.02. The fraction of sp³-hybridized carbons (Fsp3) is 0.0625. The molecule has 0 spiro atoms. The van der Waals surface area contributed by atoms with Crippen molar-refractivity contribution in [3.05, 3.63) is 71.4 Å². The summed E-state index contributed by atoms with van der Waals surface area (Å²) in [7, 11) is 0. The van der Waals surface area contributed by atoms with Gasteiger partial charge in [0.1, 0.15) is 16.6 Å². The lowest BCUT2D eigenvalue weighted by atomic mass is 10.3. The van der Waals surface area contributed by atoms with E-state index < -0.39 is 0 Å². The van der Waals surface area contributed by atoms with Crippen LogP contribution in [-0.4, -0.2) is 24.1 Å². The van der Waals surface area contributed by atoms with E-state index in [1.807, 2.05) is 63.7 Å². The van der Waals surface area contributed by atoms with Crippen LogP contribution in [0.1, 0.15) is 5.69 Å². The maximum absolute atomic E-state index is 4.65. The summed E-state index contributed by atoms with van der Waals surface area (Å²) < 4.78 is 4.98. The van der Waals surface area contributed by atoms with Crippen molar-refractivity contribution in [1.29, 1.82) is 0 Å². The molecule has 0 aliphatic rings. The molecule has 4 rings (SSSR count). The van der Waals surface area contributed by atoms with Crippen molar-refractivity contribution in [3.63, 3.8) is 0 Å². The lowest BCUT2D eigenvalue weighted by Crippen LogP contribution is -1.95. The molecule has 1 aromatic carbocycles. The number of hydrogen-bond donors (Lipinski definition) is 0. The highest BCUT2D eigenvalue weighted by atomic mass is 79.9. The molecular weight excluding hydrogens is 374 g/mol. The number of thioether (sulfide) groups is 1. The second-order valence-corrected chi connectivity index (χ2v) is 6.58. The van der Waals surface area contributed by atoms with E-state index in [0.29, 0.717) is 5.75 Å². The van der Waals surface area contributed by atoms with Gasteiger partial charge >= 0.3 is 0 Å². The molecule has 0 atom stereocenters. The second kappa shape index (κ2) is 6.17. The van der Waals surface area contributed by atoms with E-state index >= 15 is 0 Å². The van der Waals surface area contributed by atoms with Gasteiger partial charge in [-0.2, -0.15) is 0 Å². The largest absolute Gasteiger partial charge is 0.294 e. The smallest absolute Gasteiger partial charge is 0.195 e. The monoisotopic (exact) mass is 385 g/mol. The van der Waals surface area contributed by atoms with Crippen LogP contribution in [0.5, 0.6) is 0 Å². The Kier molecular flexibility index (Phi) is 3.88. The van der Waals surface area contributed by atoms with Crippen LogP contribution in [0.4, 0.5) is 0 Å². The van der Waals surface area contributed by atoms with Gasteiger partial charge in [-0.1, -0.05) is 36.0 Å². The lowest BCUT2D eigenvalue weighted by molar-refractivity contribution is 0.883. The van der Waals surface area contributed by atoms with Crippen molar-refractivity contribution in [1.82, 2.24) is 24.1 Å². The maximum Gasteiger partial charge on any atom is 0.195 e. The molecule has 0 amide bonds. The minimum atomic E-state index is 0.716. The van der Waals surface area contributed by atoms with Gasteiger partial charge in [0, 0.05) is 17.6 Å². The minimum Gasteiger partial charge on any atom is -0.294 e. The summed E-state index contributed by atoms with van der Waals surface area (Å²) in [6.07, 6.45) is 3.73. The van der Waals surface area contributed by atoms with Crippen LogP contribution in [0.2, 0.25) is 0 Å². The molecular formula is C16H12BrN5S. The number of benzene rings is 1. The number of nitrogens with zero attached hydrogens (tertiary/aromatic N) is 5. The van der Waals surface area contributed by atoms with E-state index in [2.05, 4.69) is 31.1 Å². The van der Waals surface area contributed by atoms with Crippen LogP contribution in [-0.2, 0) is 5.75 Å². The number of rotatable bonds is 4. The maximum atomic E-state index is 4.65. The van der Waals surface area contributed by atoms with Gasteiger partial charge in [0.25, 0.3) is 0 Å². The fourth-order valence-electron chi connectivity index (χ4n) is 2.33. The summed E-state index contributed by atoms with van der Waals surface area (Å²) in [5.41, 5.74) is 2.97. The first-order valence-corrected chi connectivity index (χ1v) is 8.80. The van der Waals surface area contributed by atoms with E-state index in [4.69, 9.17) is 0 Å². The molecule has 0 aliphatic heterocycles. The zero-order valence-corrected chi connectivity index (χ0v) is 14.4. The molecule has 0 bridgehead atoms. The van der Waals surface area contributed by atoms with Crippen LogP contribution in [0.15, 0.2) is 70.8 Å². The highest BCUT2D eigenvalue weighted by Gasteiger charge is 2.12. The van der Waals surface area contributed by atoms with E-state index in [0.717, 1.165) is 26.8 Å². The predicted octanol–water partition coefficient (Wildman–Crippen LogP) is 3.97. The van der Waals surface area contributed by atoms with E-state index in [9.17, 15) is 0 Å². The number of hydrogen-bond acceptors (Lipinski definition) is 4. The second-order valence-electron chi connectivity index (χ2n) is 4.89. The molecule has 0 N–H and O–H groups in total. The molecule has 3 heterocycles. The fourth-order valence-corrected chi connectivity index (χ4v) is 3.91. The number of imidazole rings is 1. The number of fused-ring (bicyclic) bond motifs is 1. The molecule has 7 heteroatoms. The number of halogens is 1. The highest BCUT2D eigenvalue weighted by Crippen LogP contribution is 2.27. The summed E-state index contributed by atoms with van der Waals surface area (Å²) >= 11 is 5.24. The molecule has 23 heavy (non-hydrogen) atoms. The topological polar surface area (TPSA) is 48.0 Å². The van der Waals surface area contributed by atoms with E-state index in [1.165, 1.54) is 0 Å². The average Bonchev–Trinajstić information content (AvgIpc) is 3.19. The third-order valence-electron chi connectivity index (χ3n) is 3.43. The molecule has 0 saturated heterocycles. The van der Waals surface area contributed by atoms with Gasteiger partial charge in [-0.15, -0.1) is 10.2 Å². The Morgan fingerprint density at radius 3 is 2.70 bits per heavy atom. The third-order valence-corrected chi connectivity index (χ3v) is 5.22. The van der Waals surface area contributed by atoms with Crippen LogP contribution in [0, 0.1) is 0 Å². The number of aromatic nitrogens is 5. The molecule has 0 fully saturated rings. The number of para-hydroxylation sites is 1. The predicted molar refractivity (Wildman–Crippen MR) is 93.8 cm³/mol. The standard InChI is InChI=1S/C16H12BrN5S/c17-15-13(19-14-8-4-5-9-21(14)15)10-23-16-20-18-11-22(16)12-6-2-1-3-7-12/h1-9,11H,10H2. The Morgan fingerprint density at radius 2 is 1.87 bits per heavy atom. The van der Waals surface area contributed by atoms with Gasteiger partial charge in [0.15, 0.2) is 5.16 Å². The van der Waals surface area contributed by atoms with Crippen LogP contribution >= 0.6 is 27.7 Å². The van der Waals surface area contributed by atoms with Crippen molar-refractivity contribution in [2.45, 2.75) is 10.9 Å². The lowest BCUT2D eigenvalue weighted by Gasteiger charge is -2.05. The van der Waals surface area contributed by atoms with Gasteiger partial charge < -0.3 is 0 Å². The van der Waals surface area contributed by atoms with Crippen LogP contribution in [0.25, 0.3) is 11.3 Å². The summed E-state index contributed by atoms with van der Waals surface area (Å²) in [4.78, 5) is 4.65. The Hall–Kier alpha value is -2.12.